The first kappa shape index (κ1) is 14.6. The lowest BCUT2D eigenvalue weighted by atomic mass is 9.95. The maximum atomic E-state index is 12.0. The second-order valence-corrected chi connectivity index (χ2v) is 5.62. The largest absolute Gasteiger partial charge is 0.465 e. The second-order valence-electron chi connectivity index (χ2n) is 5.62. The molecule has 0 saturated heterocycles. The van der Waals surface area contributed by atoms with E-state index in [2.05, 4.69) is 16.1 Å². The monoisotopic (exact) mass is 300 g/mol. The zero-order valence-corrected chi connectivity index (χ0v) is 13.2. The fourth-order valence-corrected chi connectivity index (χ4v) is 3.08. The average molecular weight is 300 g/mol. The first-order chi connectivity index (χ1) is 10.6. The lowest BCUT2D eigenvalue weighted by molar-refractivity contribution is 0.0599. The smallest absolute Gasteiger partial charge is 0.338 e. The van der Waals surface area contributed by atoms with Gasteiger partial charge >= 0.3 is 5.97 Å². The van der Waals surface area contributed by atoms with Gasteiger partial charge in [0.1, 0.15) is 5.76 Å². The lowest BCUT2D eigenvalue weighted by Gasteiger charge is -2.32. The van der Waals surface area contributed by atoms with Crippen LogP contribution in [0.3, 0.4) is 0 Å². The van der Waals surface area contributed by atoms with Crippen molar-refractivity contribution in [2.75, 3.05) is 18.6 Å². The summed E-state index contributed by atoms with van der Waals surface area (Å²) in [5.74, 6) is 0.588. The maximum absolute atomic E-state index is 12.0. The molecule has 0 fully saturated rings. The van der Waals surface area contributed by atoms with Crippen molar-refractivity contribution in [3.05, 3.63) is 46.3 Å². The number of nitrogens with zero attached hydrogens (tertiary/aromatic N) is 2. The zero-order chi connectivity index (χ0) is 15.7. The van der Waals surface area contributed by atoms with Crippen molar-refractivity contribution in [2.45, 2.75) is 33.2 Å². The van der Waals surface area contributed by atoms with E-state index in [9.17, 15) is 4.79 Å². The number of carbonyl (C=O) groups excluding carboxylic acids is 1. The van der Waals surface area contributed by atoms with Crippen LogP contribution in [-0.2, 0) is 17.7 Å². The fraction of sp³-hybridized carbons (Fsp3) is 0.412. The topological polar surface area (TPSA) is 55.6 Å². The normalized spacial score (nSPS) is 13.9. The molecule has 1 aromatic carbocycles. The van der Waals surface area contributed by atoms with Gasteiger partial charge in [-0.25, -0.2) is 4.79 Å². The van der Waals surface area contributed by atoms with Crippen LogP contribution < -0.4 is 4.90 Å². The number of hydrogen-bond donors (Lipinski definition) is 0. The molecule has 0 aliphatic carbocycles. The molecular formula is C17H20N2O3. The minimum Gasteiger partial charge on any atom is -0.465 e. The summed E-state index contributed by atoms with van der Waals surface area (Å²) in [4.78, 5) is 14.2. The number of carbonyl (C=O) groups is 1. The van der Waals surface area contributed by atoms with Crippen LogP contribution in [0.25, 0.3) is 0 Å². The van der Waals surface area contributed by atoms with E-state index in [0.717, 1.165) is 54.2 Å². The van der Waals surface area contributed by atoms with Gasteiger partial charge in [-0.3, -0.25) is 0 Å². The third kappa shape index (κ3) is 2.47. The molecule has 0 radical (unpaired) electrons. The Morgan fingerprint density at radius 3 is 2.91 bits per heavy atom. The van der Waals surface area contributed by atoms with Gasteiger partial charge in [-0.15, -0.1) is 0 Å². The van der Waals surface area contributed by atoms with Gasteiger partial charge in [-0.2, -0.15) is 0 Å². The molecule has 1 aromatic heterocycles. The summed E-state index contributed by atoms with van der Waals surface area (Å²) in [7, 11) is 1.42. The first-order valence-corrected chi connectivity index (χ1v) is 7.48. The van der Waals surface area contributed by atoms with Crippen molar-refractivity contribution >= 4 is 11.7 Å². The van der Waals surface area contributed by atoms with Crippen molar-refractivity contribution < 1.29 is 14.1 Å². The number of esters is 1. The maximum Gasteiger partial charge on any atom is 0.338 e. The van der Waals surface area contributed by atoms with Gasteiger partial charge in [-0.05, 0) is 44.4 Å². The van der Waals surface area contributed by atoms with Crippen LogP contribution in [0.4, 0.5) is 5.69 Å². The summed E-state index contributed by atoms with van der Waals surface area (Å²) in [5, 5.41) is 4.02. The SMILES string of the molecule is COC(=O)c1cccc2c1CCCN2Cc1c(C)noc1C. The summed E-state index contributed by atoms with van der Waals surface area (Å²) in [6, 6.07) is 5.82. The minimum absolute atomic E-state index is 0.268. The Kier molecular flexibility index (Phi) is 3.88. The van der Waals surface area contributed by atoms with E-state index in [1.54, 1.807) is 0 Å². The molecule has 2 heterocycles. The molecule has 3 rings (SSSR count). The van der Waals surface area contributed by atoms with Gasteiger partial charge in [0.2, 0.25) is 0 Å². The van der Waals surface area contributed by atoms with Gasteiger partial charge in [0.15, 0.2) is 0 Å². The van der Waals surface area contributed by atoms with Gasteiger partial charge in [0.05, 0.1) is 18.4 Å². The Morgan fingerprint density at radius 1 is 1.41 bits per heavy atom. The number of ether oxygens (including phenoxy) is 1. The van der Waals surface area contributed by atoms with E-state index in [1.165, 1.54) is 7.11 Å². The standard InChI is InChI=1S/C17H20N2O3/c1-11-15(12(2)22-18-11)10-19-9-5-7-13-14(17(20)21-3)6-4-8-16(13)19/h4,6,8H,5,7,9-10H2,1-3H3. The summed E-state index contributed by atoms with van der Waals surface area (Å²) in [5.41, 5.74) is 4.90. The summed E-state index contributed by atoms with van der Waals surface area (Å²) < 4.78 is 10.2. The van der Waals surface area contributed by atoms with Gasteiger partial charge in [0.25, 0.3) is 0 Å². The van der Waals surface area contributed by atoms with Crippen LogP contribution in [0.5, 0.6) is 0 Å². The van der Waals surface area contributed by atoms with Crippen molar-refractivity contribution in [3.63, 3.8) is 0 Å². The fourth-order valence-electron chi connectivity index (χ4n) is 3.08. The van der Waals surface area contributed by atoms with E-state index < -0.39 is 0 Å². The zero-order valence-electron chi connectivity index (χ0n) is 13.2. The Morgan fingerprint density at radius 2 is 2.23 bits per heavy atom. The molecule has 1 aliphatic rings. The number of hydrogen-bond acceptors (Lipinski definition) is 5. The highest BCUT2D eigenvalue weighted by Crippen LogP contribution is 2.32. The molecule has 22 heavy (non-hydrogen) atoms. The lowest BCUT2D eigenvalue weighted by Crippen LogP contribution is -2.30. The van der Waals surface area contributed by atoms with Crippen molar-refractivity contribution in [1.82, 2.24) is 5.16 Å². The number of anilines is 1. The number of aryl methyl sites for hydroxylation is 2. The first-order valence-electron chi connectivity index (χ1n) is 7.48. The van der Waals surface area contributed by atoms with Crippen LogP contribution in [0.2, 0.25) is 0 Å². The molecule has 1 aliphatic heterocycles. The molecule has 0 saturated carbocycles. The highest BCUT2D eigenvalue weighted by molar-refractivity contribution is 5.93. The third-order valence-electron chi connectivity index (χ3n) is 4.28. The molecular weight excluding hydrogens is 280 g/mol. The summed E-state index contributed by atoms with van der Waals surface area (Å²) in [6.45, 7) is 5.60. The van der Waals surface area contributed by atoms with E-state index in [4.69, 9.17) is 9.26 Å². The van der Waals surface area contributed by atoms with E-state index in [1.807, 2.05) is 26.0 Å². The molecule has 5 nitrogen and oxygen atoms in total. The Balaban J connectivity index is 1.97. The number of rotatable bonds is 3. The summed E-state index contributed by atoms with van der Waals surface area (Å²) in [6.07, 6.45) is 1.92. The molecule has 0 unspecified atom stereocenters. The molecule has 0 spiro atoms. The summed E-state index contributed by atoms with van der Waals surface area (Å²) >= 11 is 0. The van der Waals surface area contributed by atoms with Crippen LogP contribution in [0.1, 0.15) is 39.4 Å². The van der Waals surface area contributed by atoms with Crippen molar-refractivity contribution in [2.24, 2.45) is 0 Å². The van der Waals surface area contributed by atoms with Crippen molar-refractivity contribution in [3.8, 4) is 0 Å². The third-order valence-corrected chi connectivity index (χ3v) is 4.28. The number of aromatic nitrogens is 1. The van der Waals surface area contributed by atoms with E-state index in [0.29, 0.717) is 5.56 Å². The predicted octanol–water partition coefficient (Wildman–Crippen LogP) is 3.03. The molecule has 0 bridgehead atoms. The Labute approximate surface area is 129 Å². The van der Waals surface area contributed by atoms with Crippen molar-refractivity contribution in [1.29, 1.82) is 0 Å². The molecule has 2 aromatic rings. The number of fused-ring (bicyclic) bond motifs is 1. The van der Waals surface area contributed by atoms with Crippen LogP contribution in [0.15, 0.2) is 22.7 Å². The van der Waals surface area contributed by atoms with Crippen LogP contribution >= 0.6 is 0 Å². The Bertz CT molecular complexity index is 686. The van der Waals surface area contributed by atoms with Crippen LogP contribution in [0, 0.1) is 13.8 Å². The molecule has 0 amide bonds. The Hall–Kier alpha value is -2.30. The van der Waals surface area contributed by atoms with Gasteiger partial charge in [0, 0.05) is 24.3 Å². The molecule has 0 N–H and O–H groups in total. The quantitative estimate of drug-likeness (QED) is 0.816. The highest BCUT2D eigenvalue weighted by atomic mass is 16.5. The highest BCUT2D eigenvalue weighted by Gasteiger charge is 2.24. The van der Waals surface area contributed by atoms with Crippen LogP contribution in [-0.4, -0.2) is 24.8 Å². The average Bonchev–Trinajstić information content (AvgIpc) is 2.86. The molecule has 0 atom stereocenters. The number of benzene rings is 1. The predicted molar refractivity (Wildman–Crippen MR) is 83.1 cm³/mol. The van der Waals surface area contributed by atoms with E-state index >= 15 is 0 Å². The molecule has 116 valence electrons. The second kappa shape index (κ2) is 5.83. The van der Waals surface area contributed by atoms with Gasteiger partial charge < -0.3 is 14.2 Å². The molecule has 5 heteroatoms. The van der Waals surface area contributed by atoms with Gasteiger partial charge in [-0.1, -0.05) is 11.2 Å². The minimum atomic E-state index is -0.268. The van der Waals surface area contributed by atoms with E-state index in [-0.39, 0.29) is 5.97 Å². The number of methoxy groups -OCH3 is 1.